The predicted octanol–water partition coefficient (Wildman–Crippen LogP) is 1.15. The van der Waals surface area contributed by atoms with E-state index in [0.717, 1.165) is 0 Å². The van der Waals surface area contributed by atoms with Gasteiger partial charge in [-0.3, -0.25) is 5.84 Å². The molecule has 0 atom stereocenters. The molecule has 4 nitrogen and oxygen atoms in total. The number of hydrazine groups is 1. The van der Waals surface area contributed by atoms with E-state index in [1.807, 2.05) is 0 Å². The number of rotatable bonds is 3. The largest absolute Gasteiger partial charge is 0.324 e. The van der Waals surface area contributed by atoms with Crippen LogP contribution in [0.3, 0.4) is 0 Å². The van der Waals surface area contributed by atoms with Crippen LogP contribution in [-0.4, -0.2) is 13.7 Å². The molecular formula is C9H14N2O2S. The van der Waals surface area contributed by atoms with E-state index in [4.69, 9.17) is 5.84 Å². The molecule has 0 aliphatic heterocycles. The van der Waals surface area contributed by atoms with E-state index in [0.29, 0.717) is 10.6 Å². The smallest absolute Gasteiger partial charge is 0.180 e. The fraction of sp³-hybridized carbons (Fsp3) is 0.333. The highest BCUT2D eigenvalue weighted by atomic mass is 32.2. The molecule has 14 heavy (non-hydrogen) atoms. The maximum absolute atomic E-state index is 11.7. The first-order chi connectivity index (χ1) is 6.48. The second kappa shape index (κ2) is 3.98. The highest BCUT2D eigenvalue weighted by molar-refractivity contribution is 7.92. The monoisotopic (exact) mass is 214 g/mol. The average Bonchev–Trinajstić information content (AvgIpc) is 2.17. The molecule has 5 heteroatoms. The molecule has 0 fully saturated rings. The van der Waals surface area contributed by atoms with Gasteiger partial charge in [-0.25, -0.2) is 8.42 Å². The maximum Gasteiger partial charge on any atom is 0.180 e. The van der Waals surface area contributed by atoms with Crippen molar-refractivity contribution in [3.8, 4) is 0 Å². The Morgan fingerprint density at radius 3 is 2.50 bits per heavy atom. The van der Waals surface area contributed by atoms with Crippen molar-refractivity contribution in [1.82, 2.24) is 0 Å². The van der Waals surface area contributed by atoms with Crippen molar-refractivity contribution in [2.45, 2.75) is 24.0 Å². The lowest BCUT2D eigenvalue weighted by Gasteiger charge is -2.08. The van der Waals surface area contributed by atoms with Crippen LogP contribution < -0.4 is 11.3 Å². The quantitative estimate of drug-likeness (QED) is 0.585. The van der Waals surface area contributed by atoms with Crippen LogP contribution in [0.15, 0.2) is 29.2 Å². The van der Waals surface area contributed by atoms with E-state index in [1.54, 1.807) is 32.0 Å². The minimum atomic E-state index is -3.21. The second-order valence-electron chi connectivity index (χ2n) is 3.27. The summed E-state index contributed by atoms with van der Waals surface area (Å²) in [5, 5.41) is -0.421. The minimum absolute atomic E-state index is 0.294. The highest BCUT2D eigenvalue weighted by Crippen LogP contribution is 2.18. The molecule has 0 aromatic heterocycles. The third-order valence-electron chi connectivity index (χ3n) is 1.95. The standard InChI is InChI=1S/C9H14N2O2S/c1-7(2)14(12,13)9-5-3-4-8(6-9)11-10/h3-7,11H,10H2,1-2H3. The Morgan fingerprint density at radius 2 is 2.00 bits per heavy atom. The zero-order valence-electron chi connectivity index (χ0n) is 8.19. The number of hydrogen-bond donors (Lipinski definition) is 2. The van der Waals surface area contributed by atoms with Gasteiger partial charge in [0.15, 0.2) is 9.84 Å². The summed E-state index contributed by atoms with van der Waals surface area (Å²) in [6.07, 6.45) is 0. The van der Waals surface area contributed by atoms with Crippen LogP contribution in [0.25, 0.3) is 0 Å². The third-order valence-corrected chi connectivity index (χ3v) is 4.10. The van der Waals surface area contributed by atoms with Crippen molar-refractivity contribution in [3.63, 3.8) is 0 Å². The van der Waals surface area contributed by atoms with Gasteiger partial charge in [-0.05, 0) is 32.0 Å². The summed E-state index contributed by atoms with van der Waals surface area (Å²) < 4.78 is 23.5. The first-order valence-electron chi connectivity index (χ1n) is 4.29. The molecule has 3 N–H and O–H groups in total. The molecule has 0 spiro atoms. The molecule has 78 valence electrons. The summed E-state index contributed by atoms with van der Waals surface area (Å²) >= 11 is 0. The molecule has 0 aliphatic carbocycles. The van der Waals surface area contributed by atoms with Crippen molar-refractivity contribution in [2.24, 2.45) is 5.84 Å². The minimum Gasteiger partial charge on any atom is -0.324 e. The van der Waals surface area contributed by atoms with Gasteiger partial charge in [-0.2, -0.15) is 0 Å². The normalized spacial score (nSPS) is 11.7. The lowest BCUT2D eigenvalue weighted by atomic mass is 10.3. The number of sulfone groups is 1. The molecule has 1 rings (SSSR count). The van der Waals surface area contributed by atoms with E-state index in [2.05, 4.69) is 5.43 Å². The fourth-order valence-electron chi connectivity index (χ4n) is 1.04. The van der Waals surface area contributed by atoms with Gasteiger partial charge in [0.2, 0.25) is 0 Å². The summed E-state index contributed by atoms with van der Waals surface area (Å²) in [6.45, 7) is 3.30. The van der Waals surface area contributed by atoms with Crippen LogP contribution in [0.4, 0.5) is 5.69 Å². The molecule has 0 saturated carbocycles. The van der Waals surface area contributed by atoms with E-state index in [1.165, 1.54) is 6.07 Å². The van der Waals surface area contributed by atoms with E-state index >= 15 is 0 Å². The molecule has 0 radical (unpaired) electrons. The zero-order valence-corrected chi connectivity index (χ0v) is 9.01. The van der Waals surface area contributed by atoms with Crippen LogP contribution in [0.5, 0.6) is 0 Å². The molecule has 0 amide bonds. The van der Waals surface area contributed by atoms with Gasteiger partial charge in [0.05, 0.1) is 10.1 Å². The summed E-state index contributed by atoms with van der Waals surface area (Å²) in [7, 11) is -3.21. The Bertz CT molecular complexity index is 413. The summed E-state index contributed by atoms with van der Waals surface area (Å²) in [4.78, 5) is 0.294. The van der Waals surface area contributed by atoms with Crippen molar-refractivity contribution < 1.29 is 8.42 Å². The van der Waals surface area contributed by atoms with Gasteiger partial charge >= 0.3 is 0 Å². The van der Waals surface area contributed by atoms with Crippen LogP contribution in [0.2, 0.25) is 0 Å². The highest BCUT2D eigenvalue weighted by Gasteiger charge is 2.18. The molecular weight excluding hydrogens is 200 g/mol. The first-order valence-corrected chi connectivity index (χ1v) is 5.83. The van der Waals surface area contributed by atoms with E-state index in [-0.39, 0.29) is 0 Å². The second-order valence-corrected chi connectivity index (χ2v) is 5.77. The Balaban J connectivity index is 3.20. The van der Waals surface area contributed by atoms with Gasteiger partial charge in [-0.1, -0.05) is 6.07 Å². The Kier molecular flexibility index (Phi) is 3.13. The van der Waals surface area contributed by atoms with Crippen LogP contribution in [-0.2, 0) is 9.84 Å². The fourth-order valence-corrected chi connectivity index (χ4v) is 2.14. The topological polar surface area (TPSA) is 72.2 Å². The Morgan fingerprint density at radius 1 is 1.36 bits per heavy atom. The SMILES string of the molecule is CC(C)S(=O)(=O)c1cccc(NN)c1. The summed E-state index contributed by atoms with van der Waals surface area (Å²) in [5.74, 6) is 5.19. The van der Waals surface area contributed by atoms with Gasteiger partial charge in [0.25, 0.3) is 0 Å². The molecule has 0 bridgehead atoms. The summed E-state index contributed by atoms with van der Waals surface area (Å²) in [5.41, 5.74) is 3.00. The van der Waals surface area contributed by atoms with E-state index < -0.39 is 15.1 Å². The molecule has 1 aromatic carbocycles. The van der Waals surface area contributed by atoms with Crippen molar-refractivity contribution in [3.05, 3.63) is 24.3 Å². The number of benzene rings is 1. The van der Waals surface area contributed by atoms with Gasteiger partial charge in [-0.15, -0.1) is 0 Å². The number of nitrogens with one attached hydrogen (secondary N) is 1. The number of nitrogen functional groups attached to an aromatic ring is 1. The van der Waals surface area contributed by atoms with Gasteiger partial charge < -0.3 is 5.43 Å². The summed E-state index contributed by atoms with van der Waals surface area (Å²) in [6, 6.07) is 6.45. The number of hydrogen-bond acceptors (Lipinski definition) is 4. The third kappa shape index (κ3) is 2.05. The zero-order chi connectivity index (χ0) is 10.8. The van der Waals surface area contributed by atoms with Crippen molar-refractivity contribution >= 4 is 15.5 Å². The van der Waals surface area contributed by atoms with Crippen LogP contribution in [0, 0.1) is 0 Å². The molecule has 0 heterocycles. The lowest BCUT2D eigenvalue weighted by molar-refractivity contribution is 0.587. The Hall–Kier alpha value is -1.07. The van der Waals surface area contributed by atoms with E-state index in [9.17, 15) is 8.42 Å². The van der Waals surface area contributed by atoms with Crippen molar-refractivity contribution in [1.29, 1.82) is 0 Å². The van der Waals surface area contributed by atoms with Gasteiger partial charge in [0, 0.05) is 5.69 Å². The molecule has 1 aromatic rings. The number of anilines is 1. The molecule has 0 unspecified atom stereocenters. The lowest BCUT2D eigenvalue weighted by Crippen LogP contribution is -2.14. The van der Waals surface area contributed by atoms with Gasteiger partial charge in [0.1, 0.15) is 0 Å². The predicted molar refractivity (Wildman–Crippen MR) is 56.6 cm³/mol. The number of nitrogens with two attached hydrogens (primary N) is 1. The average molecular weight is 214 g/mol. The first kappa shape index (κ1) is 11.0. The van der Waals surface area contributed by atoms with Crippen LogP contribution >= 0.6 is 0 Å². The Labute approximate surface area is 84.0 Å². The maximum atomic E-state index is 11.7. The van der Waals surface area contributed by atoms with Crippen molar-refractivity contribution in [2.75, 3.05) is 5.43 Å². The molecule has 0 aliphatic rings. The molecule has 0 saturated heterocycles. The van der Waals surface area contributed by atoms with Crippen LogP contribution in [0.1, 0.15) is 13.8 Å².